The van der Waals surface area contributed by atoms with Gasteiger partial charge in [0, 0.05) is 36.2 Å². The van der Waals surface area contributed by atoms with E-state index in [9.17, 15) is 0 Å². The van der Waals surface area contributed by atoms with E-state index in [0.29, 0.717) is 6.04 Å². The normalized spacial score (nSPS) is 12.6. The SMILES string of the molecule is CC[C@@H](C)NCc1cn(Cc2ccccc2)c2ccccc12. The summed E-state index contributed by atoms with van der Waals surface area (Å²) in [5.41, 5.74) is 4.03. The predicted molar refractivity (Wildman–Crippen MR) is 94.1 cm³/mol. The lowest BCUT2D eigenvalue weighted by molar-refractivity contribution is 0.535. The van der Waals surface area contributed by atoms with Gasteiger partial charge in [-0.25, -0.2) is 0 Å². The first-order chi connectivity index (χ1) is 10.8. The molecule has 0 saturated carbocycles. The summed E-state index contributed by atoms with van der Waals surface area (Å²) in [6, 6.07) is 19.9. The molecule has 0 spiro atoms. The number of rotatable bonds is 6. The molecule has 1 aromatic heterocycles. The molecule has 0 aliphatic rings. The van der Waals surface area contributed by atoms with Crippen molar-refractivity contribution in [3.8, 4) is 0 Å². The van der Waals surface area contributed by atoms with E-state index in [2.05, 4.69) is 84.5 Å². The summed E-state index contributed by atoms with van der Waals surface area (Å²) in [5, 5.41) is 4.96. The minimum atomic E-state index is 0.552. The van der Waals surface area contributed by atoms with Gasteiger partial charge in [-0.2, -0.15) is 0 Å². The fourth-order valence-electron chi connectivity index (χ4n) is 2.80. The van der Waals surface area contributed by atoms with Crippen LogP contribution in [0.3, 0.4) is 0 Å². The van der Waals surface area contributed by atoms with Crippen molar-refractivity contribution in [1.82, 2.24) is 9.88 Å². The Hall–Kier alpha value is -2.06. The molecule has 3 aromatic rings. The average Bonchev–Trinajstić information content (AvgIpc) is 2.92. The van der Waals surface area contributed by atoms with Crippen molar-refractivity contribution in [2.24, 2.45) is 0 Å². The Bertz CT molecular complexity index is 728. The summed E-state index contributed by atoms with van der Waals surface area (Å²) in [4.78, 5) is 0. The lowest BCUT2D eigenvalue weighted by Crippen LogP contribution is -2.24. The molecule has 2 nitrogen and oxygen atoms in total. The second-order valence-corrected chi connectivity index (χ2v) is 5.98. The minimum Gasteiger partial charge on any atom is -0.343 e. The molecule has 3 rings (SSSR count). The van der Waals surface area contributed by atoms with Gasteiger partial charge in [0.15, 0.2) is 0 Å². The maximum absolute atomic E-state index is 3.60. The molecule has 0 bridgehead atoms. The van der Waals surface area contributed by atoms with Crippen molar-refractivity contribution in [3.05, 3.63) is 71.9 Å². The van der Waals surface area contributed by atoms with Crippen LogP contribution < -0.4 is 5.32 Å². The Morgan fingerprint density at radius 1 is 1.00 bits per heavy atom. The van der Waals surface area contributed by atoms with Crippen LogP contribution in [0.15, 0.2) is 60.8 Å². The highest BCUT2D eigenvalue weighted by molar-refractivity contribution is 5.84. The molecule has 0 radical (unpaired) electrons. The summed E-state index contributed by atoms with van der Waals surface area (Å²) in [7, 11) is 0. The first-order valence-corrected chi connectivity index (χ1v) is 8.12. The molecule has 0 aliphatic carbocycles. The zero-order chi connectivity index (χ0) is 15.4. The van der Waals surface area contributed by atoms with E-state index in [-0.39, 0.29) is 0 Å². The van der Waals surface area contributed by atoms with Gasteiger partial charge in [-0.3, -0.25) is 0 Å². The van der Waals surface area contributed by atoms with Crippen LogP contribution in [0.1, 0.15) is 31.4 Å². The van der Waals surface area contributed by atoms with Gasteiger partial charge in [0.2, 0.25) is 0 Å². The van der Waals surface area contributed by atoms with Crippen molar-refractivity contribution >= 4 is 10.9 Å². The van der Waals surface area contributed by atoms with Gasteiger partial charge < -0.3 is 9.88 Å². The lowest BCUT2D eigenvalue weighted by atomic mass is 10.1. The van der Waals surface area contributed by atoms with E-state index < -0.39 is 0 Å². The van der Waals surface area contributed by atoms with Crippen molar-refractivity contribution in [1.29, 1.82) is 0 Å². The molecule has 0 unspecified atom stereocenters. The molecule has 0 fully saturated rings. The largest absolute Gasteiger partial charge is 0.343 e. The number of nitrogens with one attached hydrogen (secondary N) is 1. The number of aromatic nitrogens is 1. The van der Waals surface area contributed by atoms with Crippen molar-refractivity contribution in [3.63, 3.8) is 0 Å². The van der Waals surface area contributed by atoms with E-state index in [1.165, 1.54) is 22.0 Å². The highest BCUT2D eigenvalue weighted by Crippen LogP contribution is 2.22. The molecule has 1 N–H and O–H groups in total. The minimum absolute atomic E-state index is 0.552. The Morgan fingerprint density at radius 2 is 1.73 bits per heavy atom. The van der Waals surface area contributed by atoms with Gasteiger partial charge in [-0.05, 0) is 30.5 Å². The number of hydrogen-bond donors (Lipinski definition) is 1. The third kappa shape index (κ3) is 3.23. The topological polar surface area (TPSA) is 17.0 Å². The molecule has 2 aromatic carbocycles. The number of nitrogens with zero attached hydrogens (tertiary/aromatic N) is 1. The van der Waals surface area contributed by atoms with Gasteiger partial charge in [0.1, 0.15) is 0 Å². The van der Waals surface area contributed by atoms with E-state index in [0.717, 1.165) is 19.5 Å². The highest BCUT2D eigenvalue weighted by atomic mass is 15.0. The quantitative estimate of drug-likeness (QED) is 0.704. The van der Waals surface area contributed by atoms with Gasteiger partial charge in [0.05, 0.1) is 0 Å². The van der Waals surface area contributed by atoms with Crippen LogP contribution >= 0.6 is 0 Å². The molecule has 0 saturated heterocycles. The van der Waals surface area contributed by atoms with Crippen LogP contribution in [-0.2, 0) is 13.1 Å². The fraction of sp³-hybridized carbons (Fsp3) is 0.300. The van der Waals surface area contributed by atoms with E-state index >= 15 is 0 Å². The van der Waals surface area contributed by atoms with E-state index in [4.69, 9.17) is 0 Å². The van der Waals surface area contributed by atoms with E-state index in [1.807, 2.05) is 0 Å². The third-order valence-electron chi connectivity index (χ3n) is 4.32. The predicted octanol–water partition coefficient (Wildman–Crippen LogP) is 4.58. The number of fused-ring (bicyclic) bond motifs is 1. The molecular formula is C20H24N2. The third-order valence-corrected chi connectivity index (χ3v) is 4.32. The second-order valence-electron chi connectivity index (χ2n) is 5.98. The van der Waals surface area contributed by atoms with Crippen molar-refractivity contribution in [2.75, 3.05) is 0 Å². The maximum atomic E-state index is 3.60. The summed E-state index contributed by atoms with van der Waals surface area (Å²) in [5.74, 6) is 0. The maximum Gasteiger partial charge on any atom is 0.0486 e. The monoisotopic (exact) mass is 292 g/mol. The molecule has 22 heavy (non-hydrogen) atoms. The Morgan fingerprint density at radius 3 is 2.50 bits per heavy atom. The fourth-order valence-corrected chi connectivity index (χ4v) is 2.80. The van der Waals surface area contributed by atoms with Crippen LogP contribution in [0.4, 0.5) is 0 Å². The summed E-state index contributed by atoms with van der Waals surface area (Å²) in [6.07, 6.45) is 3.45. The van der Waals surface area contributed by atoms with E-state index in [1.54, 1.807) is 0 Å². The summed E-state index contributed by atoms with van der Waals surface area (Å²) < 4.78 is 2.36. The van der Waals surface area contributed by atoms with Crippen LogP contribution in [0, 0.1) is 0 Å². The molecule has 0 amide bonds. The second kappa shape index (κ2) is 6.80. The molecule has 1 heterocycles. The zero-order valence-corrected chi connectivity index (χ0v) is 13.4. The van der Waals surface area contributed by atoms with Crippen LogP contribution in [0.5, 0.6) is 0 Å². The number of benzene rings is 2. The molecule has 0 aliphatic heterocycles. The Kier molecular flexibility index (Phi) is 4.59. The highest BCUT2D eigenvalue weighted by Gasteiger charge is 2.09. The smallest absolute Gasteiger partial charge is 0.0486 e. The average molecular weight is 292 g/mol. The Balaban J connectivity index is 1.90. The first-order valence-electron chi connectivity index (χ1n) is 8.12. The van der Waals surface area contributed by atoms with Crippen molar-refractivity contribution < 1.29 is 0 Å². The standard InChI is InChI=1S/C20H24N2/c1-3-16(2)21-13-18-15-22(14-17-9-5-4-6-10-17)20-12-8-7-11-19(18)20/h4-12,15-16,21H,3,13-14H2,1-2H3/t16-/m1/s1. The lowest BCUT2D eigenvalue weighted by Gasteiger charge is -2.10. The van der Waals surface area contributed by atoms with Gasteiger partial charge in [0.25, 0.3) is 0 Å². The zero-order valence-electron chi connectivity index (χ0n) is 13.4. The Labute approximate surface area is 132 Å². The number of hydrogen-bond acceptors (Lipinski definition) is 1. The van der Waals surface area contributed by atoms with Crippen LogP contribution in [-0.4, -0.2) is 10.6 Å². The van der Waals surface area contributed by atoms with Gasteiger partial charge in [-0.15, -0.1) is 0 Å². The molecule has 1 atom stereocenters. The molecule has 114 valence electrons. The first kappa shape index (κ1) is 14.9. The summed E-state index contributed by atoms with van der Waals surface area (Å²) in [6.45, 7) is 6.31. The van der Waals surface area contributed by atoms with Crippen LogP contribution in [0.25, 0.3) is 10.9 Å². The van der Waals surface area contributed by atoms with Crippen molar-refractivity contribution in [2.45, 2.75) is 39.4 Å². The molecule has 2 heteroatoms. The van der Waals surface area contributed by atoms with Gasteiger partial charge >= 0.3 is 0 Å². The summed E-state index contributed by atoms with van der Waals surface area (Å²) >= 11 is 0. The number of para-hydroxylation sites is 1. The van der Waals surface area contributed by atoms with Gasteiger partial charge in [-0.1, -0.05) is 55.5 Å². The molecular weight excluding hydrogens is 268 g/mol. The van der Waals surface area contributed by atoms with Crippen LogP contribution in [0.2, 0.25) is 0 Å².